The van der Waals surface area contributed by atoms with Gasteiger partial charge in [-0.25, -0.2) is 4.98 Å². The van der Waals surface area contributed by atoms with Crippen LogP contribution in [0.2, 0.25) is 0 Å². The zero-order valence-electron chi connectivity index (χ0n) is 19.3. The van der Waals surface area contributed by atoms with Gasteiger partial charge in [0.25, 0.3) is 5.91 Å². The number of nitrogens with one attached hydrogen (secondary N) is 2. The van der Waals surface area contributed by atoms with Crippen molar-refractivity contribution in [1.82, 2.24) is 20.1 Å². The number of phenolic OH excluding ortho intramolecular Hbond substituents is 1. The molecule has 7 nitrogen and oxygen atoms in total. The number of aryl methyl sites for hydroxylation is 1. The number of benzene rings is 1. The molecule has 0 radical (unpaired) electrons. The molecule has 0 unspecified atom stereocenters. The van der Waals surface area contributed by atoms with E-state index in [1.807, 2.05) is 17.5 Å². The van der Waals surface area contributed by atoms with Crippen molar-refractivity contribution in [3.05, 3.63) is 59.2 Å². The molecule has 11 heteroatoms. The second kappa shape index (κ2) is 9.45. The van der Waals surface area contributed by atoms with E-state index in [4.69, 9.17) is 0 Å². The van der Waals surface area contributed by atoms with Gasteiger partial charge >= 0.3 is 6.18 Å². The number of fused-ring (bicyclic) bond motifs is 1. The zero-order chi connectivity index (χ0) is 25.4. The van der Waals surface area contributed by atoms with E-state index in [1.54, 1.807) is 17.9 Å². The largest absolute Gasteiger partial charge is 0.508 e. The molecular weight excluding hydrogens is 491 g/mol. The number of alkyl halides is 3. The fourth-order valence-electron chi connectivity index (χ4n) is 4.66. The number of aromatic nitrogens is 3. The highest BCUT2D eigenvalue weighted by Crippen LogP contribution is 2.35. The fourth-order valence-corrected chi connectivity index (χ4v) is 5.39. The standard InChI is InChI=1S/C25H24F3N5O2S/c1-33-13-18(23(32-33)21-6-3-9-36-21)24(35)30-15-5-2-4-14(10-15)29-20-12-22(25(26,27)28)31-19-8-7-16(34)11-17(19)20/h3,6-9,11-15,34H,2,4-5,10H2,1H3,(H,29,31)(H,30,35)/t14-,15+/m0/s1. The Morgan fingerprint density at radius 2 is 2.00 bits per heavy atom. The molecule has 1 amide bonds. The SMILES string of the molecule is Cn1cc(C(=O)N[C@@H]2CCC[C@H](Nc3cc(C(F)(F)F)nc4ccc(O)cc34)C2)c(-c2cccs2)n1. The molecule has 3 heterocycles. The van der Waals surface area contributed by atoms with Gasteiger partial charge in [-0.05, 0) is 61.4 Å². The lowest BCUT2D eigenvalue weighted by atomic mass is 9.90. The molecule has 5 rings (SSSR count). The number of thiophene rings is 1. The summed E-state index contributed by atoms with van der Waals surface area (Å²) in [5.41, 5.74) is 0.510. The molecule has 1 aliphatic rings. The topological polar surface area (TPSA) is 92.1 Å². The summed E-state index contributed by atoms with van der Waals surface area (Å²) >= 11 is 1.50. The monoisotopic (exact) mass is 515 g/mol. The van der Waals surface area contributed by atoms with Gasteiger partial charge in [-0.15, -0.1) is 11.3 Å². The van der Waals surface area contributed by atoms with E-state index in [-0.39, 0.29) is 34.9 Å². The molecule has 3 N–H and O–H groups in total. The first kappa shape index (κ1) is 24.1. The Kier molecular flexibility index (Phi) is 6.33. The summed E-state index contributed by atoms with van der Waals surface area (Å²) in [4.78, 5) is 17.8. The molecule has 1 fully saturated rings. The van der Waals surface area contributed by atoms with Gasteiger partial charge in [0, 0.05) is 36.4 Å². The van der Waals surface area contributed by atoms with Crippen LogP contribution in [0.1, 0.15) is 41.7 Å². The second-order valence-corrected chi connectivity index (χ2v) is 9.92. The molecule has 4 aromatic rings. The molecule has 1 aromatic carbocycles. The average molecular weight is 516 g/mol. The van der Waals surface area contributed by atoms with Crippen LogP contribution >= 0.6 is 11.3 Å². The summed E-state index contributed by atoms with van der Waals surface area (Å²) in [6.45, 7) is 0. The maximum absolute atomic E-state index is 13.5. The summed E-state index contributed by atoms with van der Waals surface area (Å²) < 4.78 is 42.0. The van der Waals surface area contributed by atoms with Crippen molar-refractivity contribution in [2.75, 3.05) is 5.32 Å². The first-order chi connectivity index (χ1) is 17.2. The summed E-state index contributed by atoms with van der Waals surface area (Å²) in [6.07, 6.45) is -0.0567. The van der Waals surface area contributed by atoms with Gasteiger partial charge < -0.3 is 15.7 Å². The number of rotatable bonds is 5. The van der Waals surface area contributed by atoms with E-state index in [0.717, 1.165) is 30.2 Å². The van der Waals surface area contributed by atoms with E-state index < -0.39 is 11.9 Å². The third-order valence-corrected chi connectivity index (χ3v) is 7.16. The Balaban J connectivity index is 1.35. The molecule has 0 aliphatic heterocycles. The average Bonchev–Trinajstić information content (AvgIpc) is 3.48. The Hall–Kier alpha value is -3.60. The first-order valence-corrected chi connectivity index (χ1v) is 12.4. The summed E-state index contributed by atoms with van der Waals surface area (Å²) in [5.74, 6) is -0.283. The smallest absolute Gasteiger partial charge is 0.433 e. The number of carbonyl (C=O) groups excluding carboxylic acids is 1. The highest BCUT2D eigenvalue weighted by atomic mass is 32.1. The molecule has 1 saturated carbocycles. The number of aromatic hydroxyl groups is 1. The van der Waals surface area contributed by atoms with E-state index in [9.17, 15) is 23.1 Å². The predicted octanol–water partition coefficient (Wildman–Crippen LogP) is 5.57. The van der Waals surface area contributed by atoms with Gasteiger partial charge in [0.05, 0.1) is 16.0 Å². The lowest BCUT2D eigenvalue weighted by Crippen LogP contribution is -2.41. The predicted molar refractivity (Wildman–Crippen MR) is 132 cm³/mol. The van der Waals surface area contributed by atoms with Crippen molar-refractivity contribution in [2.24, 2.45) is 7.05 Å². The number of hydrogen-bond donors (Lipinski definition) is 3. The van der Waals surface area contributed by atoms with E-state index in [1.165, 1.54) is 29.5 Å². The van der Waals surface area contributed by atoms with E-state index in [0.29, 0.717) is 23.1 Å². The van der Waals surface area contributed by atoms with Gasteiger partial charge in [-0.2, -0.15) is 18.3 Å². The van der Waals surface area contributed by atoms with E-state index in [2.05, 4.69) is 20.7 Å². The Labute approximate surface area is 209 Å². The Morgan fingerprint density at radius 3 is 2.75 bits per heavy atom. The Morgan fingerprint density at radius 1 is 1.19 bits per heavy atom. The minimum atomic E-state index is -4.60. The molecule has 0 saturated heterocycles. The normalized spacial score (nSPS) is 18.3. The summed E-state index contributed by atoms with van der Waals surface area (Å²) in [7, 11) is 1.76. The molecule has 1 aliphatic carbocycles. The number of amides is 1. The van der Waals surface area contributed by atoms with Crippen LogP contribution in [0, 0.1) is 0 Å². The van der Waals surface area contributed by atoms with Crippen LogP contribution < -0.4 is 10.6 Å². The number of phenols is 1. The van der Waals surface area contributed by atoms with Crippen molar-refractivity contribution >= 4 is 33.8 Å². The number of nitrogens with zero attached hydrogens (tertiary/aromatic N) is 3. The quantitative estimate of drug-likeness (QED) is 0.323. The van der Waals surface area contributed by atoms with E-state index >= 15 is 0 Å². The molecule has 36 heavy (non-hydrogen) atoms. The Bertz CT molecular complexity index is 1400. The number of carbonyl (C=O) groups is 1. The van der Waals surface area contributed by atoms with Gasteiger partial charge in [0.15, 0.2) is 0 Å². The third kappa shape index (κ3) is 5.01. The number of hydrogen-bond acceptors (Lipinski definition) is 6. The van der Waals surface area contributed by atoms with Crippen molar-refractivity contribution in [3.63, 3.8) is 0 Å². The lowest BCUT2D eigenvalue weighted by molar-refractivity contribution is -0.140. The maximum Gasteiger partial charge on any atom is 0.433 e. The van der Waals surface area contributed by atoms with Gasteiger partial charge in [-0.1, -0.05) is 6.07 Å². The molecule has 3 aromatic heterocycles. The van der Waals surface area contributed by atoms with Crippen LogP contribution in [0.3, 0.4) is 0 Å². The zero-order valence-corrected chi connectivity index (χ0v) is 20.2. The number of halogens is 3. The van der Waals surface area contributed by atoms with Crippen LogP contribution in [0.5, 0.6) is 5.75 Å². The van der Waals surface area contributed by atoms with Crippen LogP contribution in [0.4, 0.5) is 18.9 Å². The maximum atomic E-state index is 13.5. The van der Waals surface area contributed by atoms with Crippen molar-refractivity contribution in [2.45, 2.75) is 43.9 Å². The van der Waals surface area contributed by atoms with Crippen LogP contribution in [0.25, 0.3) is 21.5 Å². The van der Waals surface area contributed by atoms with Crippen molar-refractivity contribution in [3.8, 4) is 16.3 Å². The van der Waals surface area contributed by atoms with Crippen LogP contribution in [0.15, 0.2) is 48.0 Å². The van der Waals surface area contributed by atoms with Gasteiger partial charge in [0.1, 0.15) is 17.1 Å². The van der Waals surface area contributed by atoms with Crippen molar-refractivity contribution < 1.29 is 23.1 Å². The highest BCUT2D eigenvalue weighted by molar-refractivity contribution is 7.13. The first-order valence-electron chi connectivity index (χ1n) is 11.5. The second-order valence-electron chi connectivity index (χ2n) is 8.97. The summed E-state index contributed by atoms with van der Waals surface area (Å²) in [5, 5.41) is 23.0. The lowest BCUT2D eigenvalue weighted by Gasteiger charge is -2.31. The molecular formula is C25H24F3N5O2S. The van der Waals surface area contributed by atoms with Crippen LogP contribution in [-0.4, -0.2) is 37.9 Å². The minimum absolute atomic E-state index is 0.0566. The molecule has 0 bridgehead atoms. The molecule has 188 valence electrons. The molecule has 0 spiro atoms. The summed E-state index contributed by atoms with van der Waals surface area (Å²) in [6, 6.07) is 8.57. The van der Waals surface area contributed by atoms with Crippen molar-refractivity contribution in [1.29, 1.82) is 0 Å². The minimum Gasteiger partial charge on any atom is -0.508 e. The number of pyridine rings is 1. The molecule has 2 atom stereocenters. The fraction of sp³-hybridized carbons (Fsp3) is 0.320. The van der Waals surface area contributed by atoms with Gasteiger partial charge in [-0.3, -0.25) is 9.48 Å². The van der Waals surface area contributed by atoms with Crippen LogP contribution in [-0.2, 0) is 13.2 Å². The van der Waals surface area contributed by atoms with Gasteiger partial charge in [0.2, 0.25) is 0 Å². The highest BCUT2D eigenvalue weighted by Gasteiger charge is 2.34. The third-order valence-electron chi connectivity index (χ3n) is 6.28. The number of anilines is 1.